The average Bonchev–Trinajstić information content (AvgIpc) is 2.70. The van der Waals surface area contributed by atoms with Crippen molar-refractivity contribution in [1.29, 1.82) is 0 Å². The van der Waals surface area contributed by atoms with E-state index < -0.39 is 15.7 Å². The molecule has 20 heavy (non-hydrogen) atoms. The van der Waals surface area contributed by atoms with Gasteiger partial charge in [-0.15, -0.1) is 11.3 Å². The maximum Gasteiger partial charge on any atom is 0.280 e. The SMILES string of the molecule is CN(Cc1cc(C#CCO)cs1)S(=O)(=O)NC(C)(C)C. The van der Waals surface area contributed by atoms with E-state index in [1.807, 2.05) is 11.4 Å². The minimum Gasteiger partial charge on any atom is -0.384 e. The lowest BCUT2D eigenvalue weighted by Crippen LogP contribution is -2.47. The summed E-state index contributed by atoms with van der Waals surface area (Å²) in [4.78, 5) is 0.897. The molecule has 0 atom stereocenters. The van der Waals surface area contributed by atoms with Crippen LogP contribution in [0.3, 0.4) is 0 Å². The summed E-state index contributed by atoms with van der Waals surface area (Å²) in [6.45, 7) is 5.50. The molecule has 2 N–H and O–H groups in total. The van der Waals surface area contributed by atoms with Crippen molar-refractivity contribution in [1.82, 2.24) is 9.03 Å². The van der Waals surface area contributed by atoms with Gasteiger partial charge in [0.2, 0.25) is 0 Å². The largest absolute Gasteiger partial charge is 0.384 e. The number of aliphatic hydroxyl groups is 1. The Balaban J connectivity index is 2.75. The number of thiophene rings is 1. The van der Waals surface area contributed by atoms with E-state index in [1.54, 1.807) is 20.8 Å². The third-order valence-electron chi connectivity index (χ3n) is 2.19. The first-order valence-electron chi connectivity index (χ1n) is 6.06. The number of aliphatic hydroxyl groups excluding tert-OH is 1. The normalized spacial score (nSPS) is 12.3. The fraction of sp³-hybridized carbons (Fsp3) is 0.538. The third-order valence-corrected chi connectivity index (χ3v) is 4.93. The quantitative estimate of drug-likeness (QED) is 0.819. The van der Waals surface area contributed by atoms with Crippen LogP contribution in [0.2, 0.25) is 0 Å². The second-order valence-electron chi connectivity index (χ2n) is 5.37. The van der Waals surface area contributed by atoms with Crippen LogP contribution < -0.4 is 4.72 Å². The Bertz CT molecular complexity index is 604. The smallest absolute Gasteiger partial charge is 0.280 e. The lowest BCUT2D eigenvalue weighted by molar-refractivity contribution is 0.350. The lowest BCUT2D eigenvalue weighted by Gasteiger charge is -2.25. The van der Waals surface area contributed by atoms with Crippen molar-refractivity contribution in [3.05, 3.63) is 21.9 Å². The van der Waals surface area contributed by atoms with E-state index >= 15 is 0 Å². The standard InChI is InChI=1S/C13H20N2O3S2/c1-13(2,3)14-20(17,18)15(4)9-12-8-11(10-19-12)6-5-7-16/h8,10,14,16H,7,9H2,1-4H3. The Kier molecular flexibility index (Phi) is 5.74. The van der Waals surface area contributed by atoms with Gasteiger partial charge in [-0.3, -0.25) is 0 Å². The minimum atomic E-state index is -3.51. The fourth-order valence-electron chi connectivity index (χ4n) is 1.44. The summed E-state index contributed by atoms with van der Waals surface area (Å²) >= 11 is 1.44. The molecule has 0 saturated heterocycles. The predicted molar refractivity (Wildman–Crippen MR) is 81.6 cm³/mol. The molecule has 1 aromatic rings. The topological polar surface area (TPSA) is 69.6 Å². The number of rotatable bonds is 4. The van der Waals surface area contributed by atoms with E-state index in [-0.39, 0.29) is 13.2 Å². The van der Waals surface area contributed by atoms with E-state index in [4.69, 9.17) is 5.11 Å². The van der Waals surface area contributed by atoms with E-state index in [0.717, 1.165) is 10.4 Å². The summed E-state index contributed by atoms with van der Waals surface area (Å²) in [5, 5.41) is 10.5. The van der Waals surface area contributed by atoms with E-state index in [2.05, 4.69) is 16.6 Å². The van der Waals surface area contributed by atoms with Crippen molar-refractivity contribution in [2.45, 2.75) is 32.9 Å². The summed E-state index contributed by atoms with van der Waals surface area (Å²) in [5.41, 5.74) is 0.272. The molecular weight excluding hydrogens is 296 g/mol. The summed E-state index contributed by atoms with van der Waals surface area (Å²) in [6.07, 6.45) is 0. The molecule has 1 aromatic heterocycles. The summed E-state index contributed by atoms with van der Waals surface area (Å²) in [6, 6.07) is 1.83. The Labute approximate surface area is 124 Å². The molecule has 1 heterocycles. The number of nitrogens with one attached hydrogen (secondary N) is 1. The average molecular weight is 316 g/mol. The third kappa shape index (κ3) is 5.61. The van der Waals surface area contributed by atoms with Gasteiger partial charge in [0.05, 0.1) is 0 Å². The number of nitrogens with zero attached hydrogens (tertiary/aromatic N) is 1. The van der Waals surface area contributed by atoms with Crippen molar-refractivity contribution < 1.29 is 13.5 Å². The monoisotopic (exact) mass is 316 g/mol. The molecule has 5 nitrogen and oxygen atoms in total. The van der Waals surface area contributed by atoms with Crippen molar-refractivity contribution in [2.75, 3.05) is 13.7 Å². The Morgan fingerprint density at radius 1 is 1.45 bits per heavy atom. The highest BCUT2D eigenvalue weighted by Gasteiger charge is 2.24. The van der Waals surface area contributed by atoms with Gasteiger partial charge in [0.25, 0.3) is 10.2 Å². The molecule has 0 radical (unpaired) electrons. The molecule has 112 valence electrons. The highest BCUT2D eigenvalue weighted by molar-refractivity contribution is 7.87. The zero-order chi connectivity index (χ0) is 15.4. The molecule has 0 spiro atoms. The van der Waals surface area contributed by atoms with Gasteiger partial charge in [-0.05, 0) is 26.8 Å². The highest BCUT2D eigenvalue weighted by atomic mass is 32.2. The molecule has 7 heteroatoms. The van der Waals surface area contributed by atoms with Crippen molar-refractivity contribution in [2.24, 2.45) is 0 Å². The van der Waals surface area contributed by atoms with Gasteiger partial charge in [-0.25, -0.2) is 0 Å². The molecule has 0 aliphatic rings. The van der Waals surface area contributed by atoms with E-state index in [1.165, 1.54) is 22.7 Å². The molecule has 0 aromatic carbocycles. The fourth-order valence-corrected chi connectivity index (χ4v) is 3.63. The molecular formula is C13H20N2O3S2. The Hall–Kier alpha value is -0.910. The number of hydrogen-bond acceptors (Lipinski definition) is 4. The van der Waals surface area contributed by atoms with Crippen LogP contribution in [0.25, 0.3) is 0 Å². The van der Waals surface area contributed by atoms with Crippen molar-refractivity contribution >= 4 is 21.5 Å². The highest BCUT2D eigenvalue weighted by Crippen LogP contribution is 2.17. The Morgan fingerprint density at radius 2 is 2.10 bits per heavy atom. The molecule has 0 unspecified atom stereocenters. The van der Waals surface area contributed by atoms with Crippen LogP contribution in [0.5, 0.6) is 0 Å². The van der Waals surface area contributed by atoms with Crippen LogP contribution in [0.4, 0.5) is 0 Å². The molecule has 0 amide bonds. The van der Waals surface area contributed by atoms with Crippen LogP contribution in [-0.2, 0) is 16.8 Å². The molecule has 0 fully saturated rings. The maximum atomic E-state index is 12.1. The van der Waals surface area contributed by atoms with Crippen LogP contribution in [-0.4, -0.2) is 37.0 Å². The Morgan fingerprint density at radius 3 is 2.65 bits per heavy atom. The van der Waals surface area contributed by atoms with Crippen molar-refractivity contribution in [3.8, 4) is 11.8 Å². The van der Waals surface area contributed by atoms with Crippen LogP contribution in [0.1, 0.15) is 31.2 Å². The van der Waals surface area contributed by atoms with Gasteiger partial charge < -0.3 is 5.11 Å². The van der Waals surface area contributed by atoms with Gasteiger partial charge in [0.1, 0.15) is 6.61 Å². The molecule has 0 aliphatic carbocycles. The van der Waals surface area contributed by atoms with Crippen LogP contribution >= 0.6 is 11.3 Å². The van der Waals surface area contributed by atoms with Crippen molar-refractivity contribution in [3.63, 3.8) is 0 Å². The molecule has 0 saturated carbocycles. The second kappa shape index (κ2) is 6.70. The molecule has 0 aliphatic heterocycles. The zero-order valence-corrected chi connectivity index (χ0v) is 13.7. The molecule has 0 bridgehead atoms. The van der Waals surface area contributed by atoms with E-state index in [0.29, 0.717) is 0 Å². The first kappa shape index (κ1) is 17.1. The summed E-state index contributed by atoms with van der Waals surface area (Å²) < 4.78 is 28.0. The van der Waals surface area contributed by atoms with Crippen LogP contribution in [0.15, 0.2) is 11.4 Å². The van der Waals surface area contributed by atoms with E-state index in [9.17, 15) is 8.42 Å². The number of hydrogen-bond donors (Lipinski definition) is 2. The lowest BCUT2D eigenvalue weighted by atomic mass is 10.1. The predicted octanol–water partition coefficient (Wildman–Crippen LogP) is 1.16. The molecule has 1 rings (SSSR count). The van der Waals surface area contributed by atoms with Gasteiger partial charge in [0, 0.05) is 35.0 Å². The second-order valence-corrected chi connectivity index (χ2v) is 8.15. The zero-order valence-electron chi connectivity index (χ0n) is 12.1. The van der Waals surface area contributed by atoms with Crippen LogP contribution in [0, 0.1) is 11.8 Å². The van der Waals surface area contributed by atoms with Gasteiger partial charge >= 0.3 is 0 Å². The van der Waals surface area contributed by atoms with Gasteiger partial charge in [-0.2, -0.15) is 17.4 Å². The van der Waals surface area contributed by atoms with Gasteiger partial charge in [-0.1, -0.05) is 11.8 Å². The summed E-state index contributed by atoms with van der Waals surface area (Å²) in [5.74, 6) is 5.35. The first-order valence-corrected chi connectivity index (χ1v) is 8.38. The minimum absolute atomic E-state index is 0.186. The van der Waals surface area contributed by atoms with Gasteiger partial charge in [0.15, 0.2) is 0 Å². The first-order chi connectivity index (χ1) is 9.14. The summed E-state index contributed by atoms with van der Waals surface area (Å²) in [7, 11) is -1.98. The maximum absolute atomic E-state index is 12.1.